The van der Waals surface area contributed by atoms with Crippen molar-refractivity contribution in [3.8, 4) is 5.75 Å². The minimum absolute atomic E-state index is 0.0303. The van der Waals surface area contributed by atoms with Crippen molar-refractivity contribution in [2.45, 2.75) is 32.3 Å². The molecule has 3 heterocycles. The third-order valence-corrected chi connectivity index (χ3v) is 5.96. The largest absolute Gasteiger partial charge is 0.511 e. The monoisotopic (exact) mass is 551 g/mol. The van der Waals surface area contributed by atoms with Crippen LogP contribution in [0.4, 0.5) is 13.6 Å². The average molecular weight is 551 g/mol. The molecule has 0 unspecified atom stereocenters. The molecular formula is C24H23F2N3O10. The van der Waals surface area contributed by atoms with Gasteiger partial charge < -0.3 is 38.5 Å². The van der Waals surface area contributed by atoms with Gasteiger partial charge in [-0.25, -0.2) is 18.4 Å². The van der Waals surface area contributed by atoms with Gasteiger partial charge in [-0.1, -0.05) is 6.07 Å². The second-order valence-electron chi connectivity index (χ2n) is 8.49. The first-order valence-corrected chi connectivity index (χ1v) is 11.5. The van der Waals surface area contributed by atoms with Crippen LogP contribution in [0.5, 0.6) is 5.75 Å². The summed E-state index contributed by atoms with van der Waals surface area (Å²) in [5, 5.41) is 2.38. The summed E-state index contributed by atoms with van der Waals surface area (Å²) in [6, 6.07) is 2.50. The SMILES string of the molecule is COC(=O)COC(=O)OCOc1c2n(cc(C(=O)NCc3ccc(F)cc3F)c1=O)C[C@H]1OC[C@H](C)N1C2=O. The van der Waals surface area contributed by atoms with Gasteiger partial charge in [-0.05, 0) is 13.0 Å². The number of amides is 2. The van der Waals surface area contributed by atoms with Crippen molar-refractivity contribution in [1.82, 2.24) is 14.8 Å². The van der Waals surface area contributed by atoms with E-state index in [-0.39, 0.29) is 37.0 Å². The minimum Gasteiger partial charge on any atom is -0.466 e. The first kappa shape index (κ1) is 27.5. The van der Waals surface area contributed by atoms with Crippen LogP contribution in [0, 0.1) is 11.6 Å². The molecule has 13 nitrogen and oxygen atoms in total. The second-order valence-corrected chi connectivity index (χ2v) is 8.49. The van der Waals surface area contributed by atoms with E-state index in [1.165, 1.54) is 9.47 Å². The van der Waals surface area contributed by atoms with Crippen LogP contribution in [0.1, 0.15) is 33.3 Å². The van der Waals surface area contributed by atoms with Crippen LogP contribution in [0.15, 0.2) is 29.2 Å². The molecule has 1 N–H and O–H groups in total. The van der Waals surface area contributed by atoms with Gasteiger partial charge in [0.15, 0.2) is 18.5 Å². The number of pyridine rings is 1. The number of nitrogens with one attached hydrogen (secondary N) is 1. The molecule has 1 fully saturated rings. The highest BCUT2D eigenvalue weighted by atomic mass is 19.1. The van der Waals surface area contributed by atoms with Crippen LogP contribution in [-0.4, -0.2) is 72.8 Å². The van der Waals surface area contributed by atoms with E-state index < -0.39 is 71.9 Å². The normalized spacial score (nSPS) is 17.6. The van der Waals surface area contributed by atoms with Crippen molar-refractivity contribution >= 4 is 23.9 Å². The van der Waals surface area contributed by atoms with Gasteiger partial charge in [-0.2, -0.15) is 0 Å². The van der Waals surface area contributed by atoms with Gasteiger partial charge in [0, 0.05) is 24.4 Å². The Bertz CT molecular complexity index is 1380. The van der Waals surface area contributed by atoms with Crippen LogP contribution in [0.3, 0.4) is 0 Å². The standard InChI is InChI=1S/C24H23F2N3O10/c1-12-9-36-17-8-28-7-15(22(32)27-6-13-3-4-14(25)5-16(13)26)20(31)21(19(28)23(33)29(12)17)38-11-39-24(34)37-10-18(30)35-2/h3-5,7,12,17H,6,8-11H2,1-2H3,(H,27,32)/t12-,17+/m0/s1. The predicted molar refractivity (Wildman–Crippen MR) is 124 cm³/mol. The van der Waals surface area contributed by atoms with Crippen molar-refractivity contribution in [3.63, 3.8) is 0 Å². The van der Waals surface area contributed by atoms with Crippen molar-refractivity contribution in [2.24, 2.45) is 0 Å². The Morgan fingerprint density at radius 3 is 2.67 bits per heavy atom. The lowest BCUT2D eigenvalue weighted by Crippen LogP contribution is -2.49. The zero-order valence-corrected chi connectivity index (χ0v) is 20.7. The van der Waals surface area contributed by atoms with E-state index in [1.807, 2.05) is 0 Å². The fourth-order valence-electron chi connectivity index (χ4n) is 4.05. The number of benzene rings is 1. The summed E-state index contributed by atoms with van der Waals surface area (Å²) in [7, 11) is 1.09. The summed E-state index contributed by atoms with van der Waals surface area (Å²) in [4.78, 5) is 63.7. The first-order chi connectivity index (χ1) is 18.6. The molecule has 2 aliphatic heterocycles. The topological polar surface area (TPSA) is 152 Å². The highest BCUT2D eigenvalue weighted by molar-refractivity contribution is 5.99. The number of fused-ring (bicyclic) bond motifs is 2. The van der Waals surface area contributed by atoms with E-state index in [0.717, 1.165) is 25.4 Å². The van der Waals surface area contributed by atoms with E-state index in [0.29, 0.717) is 6.07 Å². The van der Waals surface area contributed by atoms with Crippen LogP contribution < -0.4 is 15.5 Å². The number of ether oxygens (including phenoxy) is 5. The summed E-state index contributed by atoms with van der Waals surface area (Å²) in [5.41, 5.74) is -1.71. The zero-order valence-electron chi connectivity index (χ0n) is 20.7. The maximum absolute atomic E-state index is 14.0. The molecule has 1 aromatic heterocycles. The lowest BCUT2D eigenvalue weighted by molar-refractivity contribution is -0.145. The summed E-state index contributed by atoms with van der Waals surface area (Å²) in [6.07, 6.45) is -0.838. The Balaban J connectivity index is 1.59. The molecule has 39 heavy (non-hydrogen) atoms. The molecule has 15 heteroatoms. The number of nitrogens with zero attached hydrogens (tertiary/aromatic N) is 2. The molecule has 2 aromatic rings. The van der Waals surface area contributed by atoms with Crippen LogP contribution >= 0.6 is 0 Å². The molecular weight excluding hydrogens is 528 g/mol. The average Bonchev–Trinajstić information content (AvgIpc) is 3.28. The fourth-order valence-corrected chi connectivity index (χ4v) is 4.05. The molecule has 4 rings (SSSR count). The van der Waals surface area contributed by atoms with Crippen molar-refractivity contribution in [1.29, 1.82) is 0 Å². The molecule has 208 valence electrons. The van der Waals surface area contributed by atoms with Gasteiger partial charge in [0.1, 0.15) is 17.2 Å². The molecule has 2 aliphatic rings. The van der Waals surface area contributed by atoms with Gasteiger partial charge in [0.25, 0.3) is 11.8 Å². The number of hydrogen-bond donors (Lipinski definition) is 1. The Kier molecular flexibility index (Phi) is 8.09. The van der Waals surface area contributed by atoms with Crippen molar-refractivity contribution < 1.29 is 51.6 Å². The number of halogens is 2. The predicted octanol–water partition coefficient (Wildman–Crippen LogP) is 0.920. The summed E-state index contributed by atoms with van der Waals surface area (Å²) in [6.45, 7) is 0.0474. The smallest absolute Gasteiger partial charge is 0.466 e. The van der Waals surface area contributed by atoms with E-state index in [1.54, 1.807) is 6.92 Å². The summed E-state index contributed by atoms with van der Waals surface area (Å²) >= 11 is 0. The lowest BCUT2D eigenvalue weighted by Gasteiger charge is -2.34. The number of esters is 1. The number of rotatable bonds is 8. The van der Waals surface area contributed by atoms with Gasteiger partial charge in [0.2, 0.25) is 18.0 Å². The Morgan fingerprint density at radius 2 is 1.95 bits per heavy atom. The lowest BCUT2D eigenvalue weighted by atomic mass is 10.1. The van der Waals surface area contributed by atoms with E-state index in [9.17, 15) is 32.8 Å². The molecule has 1 saturated heterocycles. The summed E-state index contributed by atoms with van der Waals surface area (Å²) in [5.74, 6) is -4.66. The molecule has 2 amide bonds. The van der Waals surface area contributed by atoms with Gasteiger partial charge in [-0.15, -0.1) is 0 Å². The van der Waals surface area contributed by atoms with Crippen LogP contribution in [0.25, 0.3) is 0 Å². The third-order valence-electron chi connectivity index (χ3n) is 5.96. The quantitative estimate of drug-likeness (QED) is 0.370. The number of carbonyl (C=O) groups is 4. The summed E-state index contributed by atoms with van der Waals surface area (Å²) < 4.78 is 53.0. The fraction of sp³-hybridized carbons (Fsp3) is 0.375. The zero-order chi connectivity index (χ0) is 28.3. The first-order valence-electron chi connectivity index (χ1n) is 11.5. The number of carbonyl (C=O) groups excluding carboxylic acids is 4. The molecule has 0 bridgehead atoms. The molecule has 0 spiro atoms. The maximum atomic E-state index is 14.0. The van der Waals surface area contributed by atoms with Gasteiger partial charge >= 0.3 is 12.1 Å². The Hall–Kier alpha value is -4.53. The van der Waals surface area contributed by atoms with Crippen LogP contribution in [0.2, 0.25) is 0 Å². The van der Waals surface area contributed by atoms with Crippen molar-refractivity contribution in [3.05, 3.63) is 63.1 Å². The molecule has 0 aliphatic carbocycles. The molecule has 0 radical (unpaired) electrons. The maximum Gasteiger partial charge on any atom is 0.511 e. The molecule has 1 aromatic carbocycles. The van der Waals surface area contributed by atoms with Gasteiger partial charge in [0.05, 0.1) is 26.3 Å². The molecule has 0 saturated carbocycles. The van der Waals surface area contributed by atoms with Gasteiger partial charge in [-0.3, -0.25) is 14.4 Å². The number of aromatic nitrogens is 1. The Labute approximate surface area is 219 Å². The minimum atomic E-state index is -1.32. The highest BCUT2D eigenvalue weighted by Crippen LogP contribution is 2.30. The van der Waals surface area contributed by atoms with Crippen molar-refractivity contribution in [2.75, 3.05) is 27.1 Å². The van der Waals surface area contributed by atoms with E-state index in [4.69, 9.17) is 14.2 Å². The van der Waals surface area contributed by atoms with E-state index >= 15 is 0 Å². The molecule has 2 atom stereocenters. The number of methoxy groups -OCH3 is 1. The van der Waals surface area contributed by atoms with E-state index in [2.05, 4.69) is 14.8 Å². The second kappa shape index (κ2) is 11.5. The highest BCUT2D eigenvalue weighted by Gasteiger charge is 2.43. The Morgan fingerprint density at radius 1 is 1.18 bits per heavy atom. The third kappa shape index (κ3) is 5.82. The number of hydrogen-bond acceptors (Lipinski definition) is 10. The van der Waals surface area contributed by atoms with Crippen LogP contribution in [-0.2, 0) is 36.8 Å².